The maximum absolute atomic E-state index is 14.0. The van der Waals surface area contributed by atoms with Gasteiger partial charge in [-0.1, -0.05) is 35.9 Å². The van der Waals surface area contributed by atoms with Crippen LogP contribution in [-0.2, 0) is 27.2 Å². The van der Waals surface area contributed by atoms with Gasteiger partial charge < -0.3 is 35.0 Å². The Kier molecular flexibility index (Phi) is 11.4. The molecule has 2 aromatic rings. The first-order valence-electron chi connectivity index (χ1n) is 17.9. The molecule has 0 unspecified atom stereocenters. The molecule has 4 aliphatic rings. The molecule has 0 aliphatic carbocycles. The van der Waals surface area contributed by atoms with E-state index in [4.69, 9.17) is 21.4 Å². The minimum absolute atomic E-state index is 0.0152. The molecule has 12 nitrogen and oxygen atoms in total. The maximum Gasteiger partial charge on any atom is 0.410 e. The summed E-state index contributed by atoms with van der Waals surface area (Å²) in [6.45, 7) is 5.91. The number of carbonyl (C=O) groups excluding carboxylic acids is 3. The van der Waals surface area contributed by atoms with Crippen LogP contribution in [0.3, 0.4) is 0 Å². The van der Waals surface area contributed by atoms with Crippen molar-refractivity contribution in [1.82, 2.24) is 19.6 Å². The number of urea groups is 1. The van der Waals surface area contributed by atoms with Crippen LogP contribution in [0.4, 0.5) is 15.3 Å². The Balaban J connectivity index is 1.06. The zero-order valence-electron chi connectivity index (χ0n) is 28.7. The maximum atomic E-state index is 14.0. The molecule has 4 heterocycles. The summed E-state index contributed by atoms with van der Waals surface area (Å²) >= 11 is 6.28. The number of carboxylic acid groups (broad SMARTS) is 1. The number of carboxylic acids is 1. The van der Waals surface area contributed by atoms with E-state index in [1.807, 2.05) is 34.1 Å². The number of phenols is 1. The lowest BCUT2D eigenvalue weighted by Gasteiger charge is -2.41. The Morgan fingerprint density at radius 1 is 0.920 bits per heavy atom. The highest BCUT2D eigenvalue weighted by Crippen LogP contribution is 2.34. The predicted octanol–water partition coefficient (Wildman–Crippen LogP) is 4.99. The normalized spacial score (nSPS) is 20.5. The minimum Gasteiger partial charge on any atom is -0.506 e. The third kappa shape index (κ3) is 8.46. The summed E-state index contributed by atoms with van der Waals surface area (Å²) < 4.78 is 6.01. The number of hydrogen-bond acceptors (Lipinski definition) is 7. The fourth-order valence-electron chi connectivity index (χ4n) is 8.18. The first-order valence-corrected chi connectivity index (χ1v) is 18.3. The van der Waals surface area contributed by atoms with Gasteiger partial charge >= 0.3 is 18.1 Å². The van der Waals surface area contributed by atoms with Gasteiger partial charge in [0.15, 0.2) is 6.10 Å². The molecule has 0 aromatic heterocycles. The van der Waals surface area contributed by atoms with Crippen LogP contribution in [0, 0.1) is 18.8 Å². The van der Waals surface area contributed by atoms with Crippen LogP contribution in [0.1, 0.15) is 55.2 Å². The summed E-state index contributed by atoms with van der Waals surface area (Å²) in [5.41, 5.74) is 3.20. The van der Waals surface area contributed by atoms with E-state index in [9.17, 15) is 24.3 Å². The zero-order chi connectivity index (χ0) is 35.4. The van der Waals surface area contributed by atoms with Crippen molar-refractivity contribution in [3.05, 3.63) is 58.1 Å². The largest absolute Gasteiger partial charge is 0.506 e. The van der Waals surface area contributed by atoms with Crippen LogP contribution in [-0.4, -0.2) is 118 Å². The van der Waals surface area contributed by atoms with Gasteiger partial charge in [0.25, 0.3) is 5.91 Å². The van der Waals surface area contributed by atoms with E-state index in [0.29, 0.717) is 68.5 Å². The number of anilines is 1. The molecule has 3 N–H and O–H groups in total. The van der Waals surface area contributed by atoms with Gasteiger partial charge in [0.2, 0.25) is 0 Å². The van der Waals surface area contributed by atoms with Crippen LogP contribution >= 0.6 is 11.6 Å². The van der Waals surface area contributed by atoms with E-state index >= 15 is 0 Å². The van der Waals surface area contributed by atoms with Crippen molar-refractivity contribution in [3.8, 4) is 5.75 Å². The van der Waals surface area contributed by atoms with E-state index in [0.717, 1.165) is 56.4 Å². The number of aliphatic carboxylic acids is 1. The monoisotopic (exact) mass is 709 g/mol. The number of rotatable bonds is 8. The van der Waals surface area contributed by atoms with E-state index < -0.39 is 18.2 Å². The fourth-order valence-corrected chi connectivity index (χ4v) is 8.47. The second kappa shape index (κ2) is 15.9. The molecule has 3 saturated heterocycles. The SMILES string of the molecule is Cc1cc(C[C@@H](OC(=O)N2CCC(N3CCc4ccccc4NC3=O)CC2)C(=O)N2CCC(C3CCN(CC(=O)O)CC3)CC2)cc(Cl)c1O. The summed E-state index contributed by atoms with van der Waals surface area (Å²) in [6.07, 6.45) is 4.08. The number of hydrogen-bond donors (Lipinski definition) is 3. The molecule has 4 amide bonds. The highest BCUT2D eigenvalue weighted by Gasteiger charge is 2.37. The van der Waals surface area contributed by atoms with Gasteiger partial charge in [-0.2, -0.15) is 0 Å². The Morgan fingerprint density at radius 3 is 2.22 bits per heavy atom. The van der Waals surface area contributed by atoms with Crippen molar-refractivity contribution < 1.29 is 34.1 Å². The Hall–Kier alpha value is -4.03. The van der Waals surface area contributed by atoms with Crippen molar-refractivity contribution in [2.75, 3.05) is 57.7 Å². The topological polar surface area (TPSA) is 143 Å². The quantitative estimate of drug-likeness (QED) is 0.348. The molecule has 4 aliphatic heterocycles. The molecule has 1 atom stereocenters. The van der Waals surface area contributed by atoms with Crippen molar-refractivity contribution in [3.63, 3.8) is 0 Å². The molecule has 6 rings (SSSR count). The number of aryl methyl sites for hydroxylation is 1. The Labute approximate surface area is 298 Å². The number of nitrogens with zero attached hydrogens (tertiary/aromatic N) is 4. The van der Waals surface area contributed by atoms with E-state index in [2.05, 4.69) is 5.32 Å². The lowest BCUT2D eigenvalue weighted by atomic mass is 9.78. The van der Waals surface area contributed by atoms with E-state index in [-0.39, 0.29) is 41.7 Å². The molecule has 0 bridgehead atoms. The summed E-state index contributed by atoms with van der Waals surface area (Å²) in [6, 6.07) is 11.0. The van der Waals surface area contributed by atoms with E-state index in [1.54, 1.807) is 28.9 Å². The summed E-state index contributed by atoms with van der Waals surface area (Å²) in [5.74, 6) is -0.0890. The van der Waals surface area contributed by atoms with Gasteiger partial charge in [0.05, 0.1) is 11.6 Å². The van der Waals surface area contributed by atoms with Crippen LogP contribution in [0.5, 0.6) is 5.75 Å². The molecule has 0 radical (unpaired) electrons. The number of likely N-dealkylation sites (tertiary alicyclic amines) is 3. The summed E-state index contributed by atoms with van der Waals surface area (Å²) in [4.78, 5) is 59.1. The van der Waals surface area contributed by atoms with Crippen molar-refractivity contribution in [1.29, 1.82) is 0 Å². The number of ether oxygens (including phenoxy) is 1. The third-order valence-electron chi connectivity index (χ3n) is 11.1. The highest BCUT2D eigenvalue weighted by molar-refractivity contribution is 6.32. The lowest BCUT2D eigenvalue weighted by molar-refractivity contribution is -0.142. The molecular formula is C37H48ClN5O7. The van der Waals surface area contributed by atoms with Crippen LogP contribution in [0.25, 0.3) is 0 Å². The molecule has 270 valence electrons. The van der Waals surface area contributed by atoms with Crippen LogP contribution in [0.15, 0.2) is 36.4 Å². The van der Waals surface area contributed by atoms with Crippen molar-refractivity contribution in [2.45, 2.75) is 70.4 Å². The van der Waals surface area contributed by atoms with Gasteiger partial charge in [-0.25, -0.2) is 9.59 Å². The van der Waals surface area contributed by atoms with Gasteiger partial charge in [0, 0.05) is 50.9 Å². The average Bonchev–Trinajstić information content (AvgIpc) is 3.28. The molecule has 13 heteroatoms. The number of para-hydroxylation sites is 1. The number of aromatic hydroxyl groups is 1. The van der Waals surface area contributed by atoms with Gasteiger partial charge in [0.1, 0.15) is 5.75 Å². The smallest absolute Gasteiger partial charge is 0.410 e. The van der Waals surface area contributed by atoms with Crippen molar-refractivity contribution >= 4 is 41.3 Å². The average molecular weight is 710 g/mol. The Morgan fingerprint density at radius 2 is 1.56 bits per heavy atom. The first-order chi connectivity index (χ1) is 24.0. The number of benzene rings is 2. The lowest BCUT2D eigenvalue weighted by Crippen LogP contribution is -2.52. The third-order valence-corrected chi connectivity index (χ3v) is 11.4. The van der Waals surface area contributed by atoms with Crippen LogP contribution < -0.4 is 5.32 Å². The number of nitrogens with one attached hydrogen (secondary N) is 1. The predicted molar refractivity (Wildman–Crippen MR) is 188 cm³/mol. The number of carbonyl (C=O) groups is 4. The fraction of sp³-hybridized carbons (Fsp3) is 0.568. The number of phenolic OH excluding ortho intramolecular Hbond substituents is 1. The summed E-state index contributed by atoms with van der Waals surface area (Å²) in [7, 11) is 0. The molecule has 3 fully saturated rings. The van der Waals surface area contributed by atoms with Gasteiger partial charge in [-0.15, -0.1) is 0 Å². The van der Waals surface area contributed by atoms with E-state index in [1.165, 1.54) is 0 Å². The van der Waals surface area contributed by atoms with Gasteiger partial charge in [-0.05, 0) is 106 Å². The second-order valence-electron chi connectivity index (χ2n) is 14.2. The Bertz CT molecular complexity index is 1540. The molecule has 0 spiro atoms. The number of halogens is 1. The summed E-state index contributed by atoms with van der Waals surface area (Å²) in [5, 5.41) is 22.5. The number of amides is 4. The second-order valence-corrected chi connectivity index (χ2v) is 14.6. The molecule has 0 saturated carbocycles. The zero-order valence-corrected chi connectivity index (χ0v) is 29.4. The molecular weight excluding hydrogens is 662 g/mol. The highest BCUT2D eigenvalue weighted by atomic mass is 35.5. The van der Waals surface area contributed by atoms with Crippen molar-refractivity contribution in [2.24, 2.45) is 11.8 Å². The number of fused-ring (bicyclic) bond motifs is 1. The standard InChI is InChI=1S/C37H48ClN5O7/c1-24-20-25(21-30(38)34(24)46)22-32(35(47)41-15-8-27(9-16-41)26-6-13-40(14-7-26)23-33(44)45)50-37(49)42-17-11-29(12-18-42)43-19-10-28-4-2-3-5-31(28)39-36(43)48/h2-5,20-21,26-27,29,32,46H,6-19,22-23H2,1H3,(H,39,48)(H,44,45)/t32-/m1/s1. The minimum atomic E-state index is -1.06. The number of piperidine rings is 3. The first kappa shape index (κ1) is 35.8. The molecule has 2 aromatic carbocycles. The van der Waals surface area contributed by atoms with Gasteiger partial charge in [-0.3, -0.25) is 14.5 Å². The molecule has 50 heavy (non-hydrogen) atoms. The van der Waals surface area contributed by atoms with Crippen LogP contribution in [0.2, 0.25) is 5.02 Å².